The van der Waals surface area contributed by atoms with E-state index in [1.54, 1.807) is 8.93 Å². The van der Waals surface area contributed by atoms with E-state index in [-0.39, 0.29) is 0 Å². The Labute approximate surface area is 221 Å². The lowest BCUT2D eigenvalue weighted by molar-refractivity contribution is 1.10. The van der Waals surface area contributed by atoms with Gasteiger partial charge < -0.3 is 0 Å². The molecule has 0 saturated heterocycles. The van der Waals surface area contributed by atoms with Crippen molar-refractivity contribution in [2.75, 3.05) is 0 Å². The minimum atomic E-state index is 0.948. The number of aromatic nitrogens is 2. The van der Waals surface area contributed by atoms with Crippen LogP contribution < -0.4 is 0 Å². The minimum Gasteiger partial charge on any atom is -0.292 e. The van der Waals surface area contributed by atoms with Gasteiger partial charge in [-0.25, -0.2) is 4.98 Å². The molecular formula is C31H21IN2S. The highest BCUT2D eigenvalue weighted by Crippen LogP contribution is 2.40. The topological polar surface area (TPSA) is 17.8 Å². The van der Waals surface area contributed by atoms with Crippen LogP contribution in [0.3, 0.4) is 0 Å². The van der Waals surface area contributed by atoms with E-state index in [9.17, 15) is 0 Å². The van der Waals surface area contributed by atoms with Gasteiger partial charge in [0.25, 0.3) is 0 Å². The van der Waals surface area contributed by atoms with Gasteiger partial charge in [0, 0.05) is 37.4 Å². The summed E-state index contributed by atoms with van der Waals surface area (Å²) in [4.78, 5) is 6.28. The third kappa shape index (κ3) is 4.17. The van der Waals surface area contributed by atoms with Crippen molar-refractivity contribution in [1.82, 2.24) is 9.55 Å². The van der Waals surface area contributed by atoms with Crippen LogP contribution in [0.25, 0.3) is 50.4 Å². The van der Waals surface area contributed by atoms with Gasteiger partial charge in [0.15, 0.2) is 0 Å². The quantitative estimate of drug-likeness (QED) is 0.189. The third-order valence-electron chi connectivity index (χ3n) is 6.22. The van der Waals surface area contributed by atoms with Crippen LogP contribution in [0.1, 0.15) is 0 Å². The molecule has 0 aliphatic heterocycles. The Hall–Kier alpha value is -3.35. The van der Waals surface area contributed by atoms with Gasteiger partial charge in [0.2, 0.25) is 0 Å². The van der Waals surface area contributed by atoms with E-state index in [1.807, 2.05) is 12.1 Å². The zero-order valence-corrected chi connectivity index (χ0v) is 21.8. The van der Waals surface area contributed by atoms with Crippen LogP contribution in [0, 0.1) is 0 Å². The van der Waals surface area contributed by atoms with Crippen LogP contribution in [-0.2, 0) is 0 Å². The number of imidazole rings is 1. The van der Waals surface area contributed by atoms with Crippen LogP contribution in [0.5, 0.6) is 0 Å². The molecule has 1 heterocycles. The number of hydrogen-bond acceptors (Lipinski definition) is 2. The van der Waals surface area contributed by atoms with E-state index in [1.165, 1.54) is 27.1 Å². The standard InChI is InChI=1S/C31H21IN2S/c32-35-30-17-9-6-14-27(30)26-13-5-4-12-25(26)22-18-20-23(21-19-22)31-33-28-15-7-8-16-29(28)34(31)24-10-2-1-3-11-24/h1-21H. The lowest BCUT2D eigenvalue weighted by Crippen LogP contribution is -1.97. The summed E-state index contributed by atoms with van der Waals surface area (Å²) in [6.07, 6.45) is 0. The normalized spacial score (nSPS) is 11.1. The monoisotopic (exact) mass is 580 g/mol. The second kappa shape index (κ2) is 9.72. The molecule has 1 aromatic heterocycles. The summed E-state index contributed by atoms with van der Waals surface area (Å²) in [5.74, 6) is 0.948. The molecule has 0 fully saturated rings. The Bertz CT molecular complexity index is 1620. The molecule has 0 unspecified atom stereocenters. The Balaban J connectivity index is 1.46. The highest BCUT2D eigenvalue weighted by Gasteiger charge is 2.15. The maximum absolute atomic E-state index is 5.01. The van der Waals surface area contributed by atoms with Gasteiger partial charge in [0.1, 0.15) is 5.82 Å². The summed E-state index contributed by atoms with van der Waals surface area (Å²) in [6.45, 7) is 0. The van der Waals surface area contributed by atoms with Gasteiger partial charge in [0.05, 0.1) is 11.0 Å². The second-order valence-corrected chi connectivity index (χ2v) is 10.2. The summed E-state index contributed by atoms with van der Waals surface area (Å²) in [5, 5.41) is 0. The first-order chi connectivity index (χ1) is 17.3. The summed E-state index contributed by atoms with van der Waals surface area (Å²) in [5.41, 5.74) is 9.24. The van der Waals surface area contributed by atoms with Crippen molar-refractivity contribution in [2.24, 2.45) is 0 Å². The lowest BCUT2D eigenvalue weighted by atomic mass is 9.94. The van der Waals surface area contributed by atoms with Gasteiger partial charge in [-0.05, 0) is 52.6 Å². The maximum Gasteiger partial charge on any atom is 0.145 e. The molecule has 0 N–H and O–H groups in total. The number of para-hydroxylation sites is 3. The number of nitrogens with zero attached hydrogens (tertiary/aromatic N) is 2. The highest BCUT2D eigenvalue weighted by atomic mass is 127. The summed E-state index contributed by atoms with van der Waals surface area (Å²) in [7, 11) is 1.75. The fraction of sp³-hybridized carbons (Fsp3) is 0. The van der Waals surface area contributed by atoms with Gasteiger partial charge in [-0.15, -0.1) is 0 Å². The Morgan fingerprint density at radius 1 is 0.543 bits per heavy atom. The third-order valence-corrected chi connectivity index (χ3v) is 8.16. The molecule has 0 saturated carbocycles. The van der Waals surface area contributed by atoms with Crippen LogP contribution in [-0.4, -0.2) is 9.55 Å². The average molecular weight is 580 g/mol. The van der Waals surface area contributed by atoms with Crippen LogP contribution in [0.15, 0.2) is 132 Å². The second-order valence-electron chi connectivity index (χ2n) is 8.29. The molecule has 0 aliphatic rings. The number of rotatable bonds is 5. The first kappa shape index (κ1) is 22.1. The molecule has 0 aliphatic carbocycles. The molecule has 35 heavy (non-hydrogen) atoms. The first-order valence-electron chi connectivity index (χ1n) is 11.4. The highest BCUT2D eigenvalue weighted by molar-refractivity contribution is 14.2. The predicted molar refractivity (Wildman–Crippen MR) is 157 cm³/mol. The summed E-state index contributed by atoms with van der Waals surface area (Å²) >= 11 is 2.36. The van der Waals surface area contributed by atoms with Gasteiger partial charge >= 0.3 is 0 Å². The summed E-state index contributed by atoms with van der Waals surface area (Å²) < 4.78 is 2.24. The van der Waals surface area contributed by atoms with Gasteiger partial charge in [-0.1, -0.05) is 106 Å². The Morgan fingerprint density at radius 3 is 1.91 bits per heavy atom. The van der Waals surface area contributed by atoms with Crippen LogP contribution in [0.4, 0.5) is 0 Å². The molecule has 0 radical (unpaired) electrons. The summed E-state index contributed by atoms with van der Waals surface area (Å²) in [6, 6.07) is 44.8. The maximum atomic E-state index is 5.01. The lowest BCUT2D eigenvalue weighted by Gasteiger charge is -2.14. The van der Waals surface area contributed by atoms with E-state index in [4.69, 9.17) is 4.98 Å². The molecule has 4 heteroatoms. The largest absolute Gasteiger partial charge is 0.292 e. The van der Waals surface area contributed by atoms with Crippen LogP contribution in [0.2, 0.25) is 0 Å². The van der Waals surface area contributed by atoms with Crippen molar-refractivity contribution in [2.45, 2.75) is 4.90 Å². The van der Waals surface area contributed by atoms with E-state index < -0.39 is 0 Å². The van der Waals surface area contributed by atoms with Crippen molar-refractivity contribution in [1.29, 1.82) is 0 Å². The smallest absolute Gasteiger partial charge is 0.145 e. The Kier molecular flexibility index (Phi) is 6.15. The molecule has 168 valence electrons. The number of hydrogen-bond donors (Lipinski definition) is 0. The van der Waals surface area contributed by atoms with Crippen molar-refractivity contribution in [3.8, 4) is 39.3 Å². The number of fused-ring (bicyclic) bond motifs is 1. The zero-order valence-electron chi connectivity index (χ0n) is 18.8. The van der Waals surface area contributed by atoms with E-state index in [2.05, 4.69) is 141 Å². The molecule has 0 atom stereocenters. The molecule has 6 rings (SSSR count). The SMILES string of the molecule is ISc1ccccc1-c1ccccc1-c1ccc(-c2nc3ccccc3n2-c2ccccc2)cc1. The average Bonchev–Trinajstić information content (AvgIpc) is 3.33. The first-order valence-corrected chi connectivity index (χ1v) is 14.8. The van der Waals surface area contributed by atoms with E-state index in [0.717, 1.165) is 28.1 Å². The fourth-order valence-electron chi connectivity index (χ4n) is 4.58. The number of benzene rings is 5. The number of halogens is 1. The van der Waals surface area contributed by atoms with Crippen LogP contribution >= 0.6 is 30.1 Å². The molecule has 2 nitrogen and oxygen atoms in total. The van der Waals surface area contributed by atoms with E-state index >= 15 is 0 Å². The zero-order chi connectivity index (χ0) is 23.6. The van der Waals surface area contributed by atoms with Crippen molar-refractivity contribution >= 4 is 41.2 Å². The molecule has 0 amide bonds. The molecule has 0 bridgehead atoms. The van der Waals surface area contributed by atoms with Gasteiger partial charge in [-0.3, -0.25) is 4.57 Å². The predicted octanol–water partition coefficient (Wildman–Crippen LogP) is 9.47. The van der Waals surface area contributed by atoms with Crippen molar-refractivity contribution < 1.29 is 0 Å². The van der Waals surface area contributed by atoms with Crippen molar-refractivity contribution in [3.63, 3.8) is 0 Å². The van der Waals surface area contributed by atoms with Gasteiger partial charge in [-0.2, -0.15) is 0 Å². The molecular weight excluding hydrogens is 559 g/mol. The molecule has 0 spiro atoms. The minimum absolute atomic E-state index is 0.948. The Morgan fingerprint density at radius 2 is 1.14 bits per heavy atom. The molecule has 6 aromatic rings. The van der Waals surface area contributed by atoms with E-state index in [0.29, 0.717) is 0 Å². The fourth-order valence-corrected chi connectivity index (χ4v) is 6.13. The van der Waals surface area contributed by atoms with Crippen molar-refractivity contribution in [3.05, 3.63) is 127 Å². The molecule has 5 aromatic carbocycles.